The Morgan fingerprint density at radius 1 is 0.933 bits per heavy atom. The van der Waals surface area contributed by atoms with Crippen molar-refractivity contribution in [2.75, 3.05) is 15.9 Å². The van der Waals surface area contributed by atoms with Gasteiger partial charge in [0.1, 0.15) is 11.8 Å². The first-order valence-corrected chi connectivity index (χ1v) is 11.3. The van der Waals surface area contributed by atoms with E-state index in [1.54, 1.807) is 55.5 Å². The standard InChI is InChI=1S/C23H24N2O4S/c1-17-13-15-19(16-14-17)25(30(3,27)28)18(2)23(26)24-21-11-7-8-12-22(21)29-20-9-5-4-6-10-20/h4-16,18H,1-3H3,(H,24,26). The van der Waals surface area contributed by atoms with Gasteiger partial charge in [0, 0.05) is 0 Å². The number of nitrogens with one attached hydrogen (secondary N) is 1. The molecule has 3 aromatic carbocycles. The lowest BCUT2D eigenvalue weighted by Gasteiger charge is -2.28. The highest BCUT2D eigenvalue weighted by atomic mass is 32.2. The predicted octanol–water partition coefficient (Wildman–Crippen LogP) is 4.58. The molecule has 3 aromatic rings. The zero-order valence-electron chi connectivity index (χ0n) is 17.1. The number of benzene rings is 3. The highest BCUT2D eigenvalue weighted by Gasteiger charge is 2.29. The van der Waals surface area contributed by atoms with Crippen molar-refractivity contribution in [2.24, 2.45) is 0 Å². The second-order valence-corrected chi connectivity index (χ2v) is 8.83. The minimum atomic E-state index is -3.68. The largest absolute Gasteiger partial charge is 0.455 e. The molecule has 0 radical (unpaired) electrons. The minimum Gasteiger partial charge on any atom is -0.455 e. The molecule has 1 N–H and O–H groups in total. The maximum absolute atomic E-state index is 13.0. The molecule has 0 aliphatic heterocycles. The van der Waals surface area contributed by atoms with Gasteiger partial charge in [-0.1, -0.05) is 48.0 Å². The van der Waals surface area contributed by atoms with Crippen LogP contribution in [0.4, 0.5) is 11.4 Å². The number of rotatable bonds is 7. The number of amides is 1. The number of hydrogen-bond donors (Lipinski definition) is 1. The van der Waals surface area contributed by atoms with Gasteiger partial charge >= 0.3 is 0 Å². The third-order valence-corrected chi connectivity index (χ3v) is 5.73. The zero-order chi connectivity index (χ0) is 21.7. The SMILES string of the molecule is Cc1ccc(N(C(C)C(=O)Nc2ccccc2Oc2ccccc2)S(C)(=O)=O)cc1. The number of hydrogen-bond acceptors (Lipinski definition) is 4. The van der Waals surface area contributed by atoms with Crippen molar-refractivity contribution in [2.45, 2.75) is 19.9 Å². The lowest BCUT2D eigenvalue weighted by atomic mass is 10.2. The second-order valence-electron chi connectivity index (χ2n) is 6.97. The zero-order valence-corrected chi connectivity index (χ0v) is 17.9. The van der Waals surface area contributed by atoms with E-state index in [1.165, 1.54) is 0 Å². The fraction of sp³-hybridized carbons (Fsp3) is 0.174. The summed E-state index contributed by atoms with van der Waals surface area (Å²) in [5.74, 6) is 0.625. The molecule has 3 rings (SSSR count). The topological polar surface area (TPSA) is 75.7 Å². The Morgan fingerprint density at radius 3 is 2.17 bits per heavy atom. The fourth-order valence-electron chi connectivity index (χ4n) is 3.01. The van der Waals surface area contributed by atoms with Crippen molar-refractivity contribution in [3.63, 3.8) is 0 Å². The molecule has 156 valence electrons. The first kappa shape index (κ1) is 21.4. The summed E-state index contributed by atoms with van der Waals surface area (Å²) in [6, 6.07) is 22.2. The van der Waals surface area contributed by atoms with Crippen LogP contribution in [0.2, 0.25) is 0 Å². The minimum absolute atomic E-state index is 0.430. The lowest BCUT2D eigenvalue weighted by molar-refractivity contribution is -0.116. The fourth-order valence-corrected chi connectivity index (χ4v) is 4.19. The first-order chi connectivity index (χ1) is 14.3. The number of para-hydroxylation sites is 3. The summed E-state index contributed by atoms with van der Waals surface area (Å²) >= 11 is 0. The molecular weight excluding hydrogens is 400 g/mol. The normalized spacial score (nSPS) is 12.1. The van der Waals surface area contributed by atoms with Crippen LogP contribution >= 0.6 is 0 Å². The van der Waals surface area contributed by atoms with Gasteiger partial charge in [-0.05, 0) is 50.2 Å². The van der Waals surface area contributed by atoms with Gasteiger partial charge in [-0.3, -0.25) is 9.10 Å². The average molecular weight is 425 g/mol. The summed E-state index contributed by atoms with van der Waals surface area (Å²) in [4.78, 5) is 13.0. The van der Waals surface area contributed by atoms with Crippen LogP contribution in [-0.2, 0) is 14.8 Å². The molecule has 0 aromatic heterocycles. The van der Waals surface area contributed by atoms with E-state index >= 15 is 0 Å². The van der Waals surface area contributed by atoms with Crippen molar-refractivity contribution in [3.05, 3.63) is 84.4 Å². The molecule has 0 spiro atoms. The van der Waals surface area contributed by atoms with Gasteiger partial charge in [-0.25, -0.2) is 8.42 Å². The Balaban J connectivity index is 1.85. The van der Waals surface area contributed by atoms with Crippen molar-refractivity contribution in [3.8, 4) is 11.5 Å². The molecule has 7 heteroatoms. The molecule has 6 nitrogen and oxygen atoms in total. The smallest absolute Gasteiger partial charge is 0.248 e. The Labute approximate surface area is 177 Å². The van der Waals surface area contributed by atoms with Crippen LogP contribution in [0.25, 0.3) is 0 Å². The Bertz CT molecular complexity index is 1110. The van der Waals surface area contributed by atoms with E-state index < -0.39 is 22.0 Å². The van der Waals surface area contributed by atoms with Gasteiger partial charge in [0.05, 0.1) is 17.6 Å². The number of aryl methyl sites for hydroxylation is 1. The van der Waals surface area contributed by atoms with Crippen LogP contribution in [0, 0.1) is 6.92 Å². The maximum atomic E-state index is 13.0. The van der Waals surface area contributed by atoms with E-state index in [0.717, 1.165) is 16.1 Å². The monoisotopic (exact) mass is 424 g/mol. The molecule has 1 amide bonds. The highest BCUT2D eigenvalue weighted by Crippen LogP contribution is 2.30. The van der Waals surface area contributed by atoms with Crippen molar-refractivity contribution in [1.29, 1.82) is 0 Å². The van der Waals surface area contributed by atoms with Crippen molar-refractivity contribution in [1.82, 2.24) is 0 Å². The molecular formula is C23H24N2O4S. The average Bonchev–Trinajstić information content (AvgIpc) is 2.71. The highest BCUT2D eigenvalue weighted by molar-refractivity contribution is 7.92. The second kappa shape index (κ2) is 9.00. The Morgan fingerprint density at radius 2 is 1.53 bits per heavy atom. The number of carbonyl (C=O) groups is 1. The molecule has 0 bridgehead atoms. The number of sulfonamides is 1. The van der Waals surface area contributed by atoms with E-state index in [4.69, 9.17) is 4.74 Å². The number of carbonyl (C=O) groups excluding carboxylic acids is 1. The lowest BCUT2D eigenvalue weighted by Crippen LogP contribution is -2.45. The molecule has 0 aliphatic rings. The van der Waals surface area contributed by atoms with E-state index in [0.29, 0.717) is 22.9 Å². The van der Waals surface area contributed by atoms with Crippen LogP contribution in [0.5, 0.6) is 11.5 Å². The summed E-state index contributed by atoms with van der Waals surface area (Å²) in [6.07, 6.45) is 1.09. The maximum Gasteiger partial charge on any atom is 0.248 e. The molecule has 0 heterocycles. The number of nitrogens with zero attached hydrogens (tertiary/aromatic N) is 1. The van der Waals surface area contributed by atoms with Gasteiger partial charge in [-0.2, -0.15) is 0 Å². The van der Waals surface area contributed by atoms with Gasteiger partial charge in [0.15, 0.2) is 5.75 Å². The number of anilines is 2. The molecule has 0 aliphatic carbocycles. The van der Waals surface area contributed by atoms with Crippen LogP contribution in [0.15, 0.2) is 78.9 Å². The van der Waals surface area contributed by atoms with Gasteiger partial charge in [0.25, 0.3) is 0 Å². The van der Waals surface area contributed by atoms with Crippen LogP contribution in [-0.4, -0.2) is 26.6 Å². The Kier molecular flexibility index (Phi) is 6.42. The third kappa shape index (κ3) is 5.18. The van der Waals surface area contributed by atoms with Gasteiger partial charge < -0.3 is 10.1 Å². The molecule has 0 saturated carbocycles. The van der Waals surface area contributed by atoms with Gasteiger partial charge in [0.2, 0.25) is 15.9 Å². The quantitative estimate of drug-likeness (QED) is 0.602. The summed E-state index contributed by atoms with van der Waals surface area (Å²) < 4.78 is 31.9. The molecule has 1 unspecified atom stereocenters. The Hall–Kier alpha value is -3.32. The first-order valence-electron chi connectivity index (χ1n) is 9.44. The van der Waals surface area contributed by atoms with Crippen molar-refractivity contribution < 1.29 is 17.9 Å². The van der Waals surface area contributed by atoms with Gasteiger partial charge in [-0.15, -0.1) is 0 Å². The molecule has 30 heavy (non-hydrogen) atoms. The van der Waals surface area contributed by atoms with Crippen molar-refractivity contribution >= 4 is 27.3 Å². The molecule has 0 saturated heterocycles. The van der Waals surface area contributed by atoms with E-state index in [1.807, 2.05) is 37.3 Å². The summed E-state index contributed by atoms with van der Waals surface area (Å²) in [6.45, 7) is 3.46. The van der Waals surface area contributed by atoms with E-state index in [-0.39, 0.29) is 0 Å². The molecule has 1 atom stereocenters. The van der Waals surface area contributed by atoms with Crippen LogP contribution < -0.4 is 14.4 Å². The van der Waals surface area contributed by atoms with Crippen LogP contribution in [0.3, 0.4) is 0 Å². The third-order valence-electron chi connectivity index (χ3n) is 4.49. The summed E-state index contributed by atoms with van der Waals surface area (Å²) in [7, 11) is -3.68. The summed E-state index contributed by atoms with van der Waals surface area (Å²) in [5.41, 5.74) is 1.88. The number of ether oxygens (including phenoxy) is 1. The van der Waals surface area contributed by atoms with E-state index in [2.05, 4.69) is 5.32 Å². The van der Waals surface area contributed by atoms with Crippen LogP contribution in [0.1, 0.15) is 12.5 Å². The molecule has 0 fully saturated rings. The summed E-state index contributed by atoms with van der Waals surface area (Å²) in [5, 5.41) is 2.79. The van der Waals surface area contributed by atoms with E-state index in [9.17, 15) is 13.2 Å². The predicted molar refractivity (Wildman–Crippen MR) is 120 cm³/mol.